The van der Waals surface area contributed by atoms with Crippen LogP contribution in [0.3, 0.4) is 0 Å². The van der Waals surface area contributed by atoms with Crippen molar-refractivity contribution in [3.8, 4) is 0 Å². The molecule has 0 aliphatic carbocycles. The number of aryl methyl sites for hydroxylation is 2. The predicted molar refractivity (Wildman–Crippen MR) is 83.8 cm³/mol. The van der Waals surface area contributed by atoms with Gasteiger partial charge in [0.25, 0.3) is 5.56 Å². The summed E-state index contributed by atoms with van der Waals surface area (Å²) in [5, 5.41) is 2.84. The number of pyridine rings is 1. The van der Waals surface area contributed by atoms with E-state index >= 15 is 0 Å². The van der Waals surface area contributed by atoms with Crippen LogP contribution in [0.25, 0.3) is 5.65 Å². The minimum atomic E-state index is 0.0559. The van der Waals surface area contributed by atoms with Gasteiger partial charge in [-0.25, -0.2) is 4.98 Å². The van der Waals surface area contributed by atoms with E-state index in [0.717, 1.165) is 48.7 Å². The van der Waals surface area contributed by atoms with Gasteiger partial charge in [-0.3, -0.25) is 19.5 Å². The van der Waals surface area contributed by atoms with Gasteiger partial charge in [0, 0.05) is 44.6 Å². The van der Waals surface area contributed by atoms with E-state index in [4.69, 9.17) is 0 Å². The molecule has 0 spiro atoms. The van der Waals surface area contributed by atoms with E-state index in [9.17, 15) is 4.79 Å². The molecule has 0 saturated carbocycles. The summed E-state index contributed by atoms with van der Waals surface area (Å²) in [4.78, 5) is 18.8. The van der Waals surface area contributed by atoms with E-state index in [-0.39, 0.29) is 5.56 Å². The van der Waals surface area contributed by atoms with Crippen molar-refractivity contribution >= 4 is 5.65 Å². The second-order valence-corrected chi connectivity index (χ2v) is 6.09. The standard InChI is InChI=1S/C16H19N5O/c1-11-3-4-15-17-12(9-21(15)7-11)8-20-6-5-13-14(10-20)19(2)18-16(13)22/h3-4,7,9H,5-6,8,10H2,1-2H3,(H,18,22). The van der Waals surface area contributed by atoms with Crippen LogP contribution in [0, 0.1) is 6.92 Å². The smallest absolute Gasteiger partial charge is 0.267 e. The van der Waals surface area contributed by atoms with Crippen molar-refractivity contribution in [2.45, 2.75) is 26.4 Å². The molecule has 0 aromatic carbocycles. The summed E-state index contributed by atoms with van der Waals surface area (Å²) in [6, 6.07) is 4.12. The van der Waals surface area contributed by atoms with E-state index in [0.29, 0.717) is 0 Å². The van der Waals surface area contributed by atoms with E-state index in [1.54, 1.807) is 0 Å². The topological polar surface area (TPSA) is 58.3 Å². The molecular weight excluding hydrogens is 278 g/mol. The minimum absolute atomic E-state index is 0.0559. The predicted octanol–water partition coefficient (Wildman–Crippen LogP) is 1.23. The molecule has 4 rings (SSSR count). The molecule has 0 unspecified atom stereocenters. The molecule has 0 radical (unpaired) electrons. The number of fused-ring (bicyclic) bond motifs is 2. The fraction of sp³-hybridized carbons (Fsp3) is 0.375. The number of aromatic nitrogens is 4. The maximum absolute atomic E-state index is 11.8. The number of hydrogen-bond donors (Lipinski definition) is 1. The van der Waals surface area contributed by atoms with Gasteiger partial charge in [0.15, 0.2) is 0 Å². The monoisotopic (exact) mass is 297 g/mol. The van der Waals surface area contributed by atoms with Crippen LogP contribution in [0.1, 0.15) is 22.5 Å². The van der Waals surface area contributed by atoms with Crippen LogP contribution in [-0.4, -0.2) is 30.6 Å². The average molecular weight is 297 g/mol. The SMILES string of the molecule is Cc1ccc2nc(CN3CCc4c(n(C)[nH]c4=O)C3)cn2c1. The molecule has 114 valence electrons. The van der Waals surface area contributed by atoms with Crippen molar-refractivity contribution in [1.82, 2.24) is 24.1 Å². The Kier molecular flexibility index (Phi) is 2.94. The van der Waals surface area contributed by atoms with Crippen molar-refractivity contribution in [1.29, 1.82) is 0 Å². The van der Waals surface area contributed by atoms with Gasteiger partial charge in [0.05, 0.1) is 11.4 Å². The minimum Gasteiger partial charge on any atom is -0.307 e. The Labute approximate surface area is 128 Å². The highest BCUT2D eigenvalue weighted by Crippen LogP contribution is 2.17. The van der Waals surface area contributed by atoms with Gasteiger partial charge < -0.3 is 4.40 Å². The largest absolute Gasteiger partial charge is 0.307 e. The van der Waals surface area contributed by atoms with Crippen molar-refractivity contribution in [2.75, 3.05) is 6.54 Å². The van der Waals surface area contributed by atoms with Crippen LogP contribution in [0.2, 0.25) is 0 Å². The molecule has 3 aromatic heterocycles. The first-order chi connectivity index (χ1) is 10.6. The van der Waals surface area contributed by atoms with Crippen LogP contribution in [0.5, 0.6) is 0 Å². The molecule has 0 bridgehead atoms. The molecule has 3 aromatic rings. The number of imidazole rings is 1. The van der Waals surface area contributed by atoms with Gasteiger partial charge in [-0.1, -0.05) is 6.07 Å². The Balaban J connectivity index is 1.58. The van der Waals surface area contributed by atoms with E-state index < -0.39 is 0 Å². The number of hydrogen-bond acceptors (Lipinski definition) is 3. The second-order valence-electron chi connectivity index (χ2n) is 6.09. The highest BCUT2D eigenvalue weighted by Gasteiger charge is 2.22. The zero-order valence-electron chi connectivity index (χ0n) is 12.8. The van der Waals surface area contributed by atoms with Crippen LogP contribution in [-0.2, 0) is 26.6 Å². The first kappa shape index (κ1) is 13.3. The molecule has 1 aliphatic rings. The van der Waals surface area contributed by atoms with E-state index in [1.165, 1.54) is 5.56 Å². The first-order valence-corrected chi connectivity index (χ1v) is 7.53. The molecule has 4 heterocycles. The fourth-order valence-corrected chi connectivity index (χ4v) is 3.24. The highest BCUT2D eigenvalue weighted by atomic mass is 16.1. The summed E-state index contributed by atoms with van der Waals surface area (Å²) in [7, 11) is 1.90. The lowest BCUT2D eigenvalue weighted by atomic mass is 10.1. The second kappa shape index (κ2) is 4.84. The molecule has 0 amide bonds. The molecule has 1 aliphatic heterocycles. The Morgan fingerprint density at radius 2 is 2.18 bits per heavy atom. The van der Waals surface area contributed by atoms with Crippen LogP contribution < -0.4 is 5.56 Å². The van der Waals surface area contributed by atoms with Crippen molar-refractivity contribution < 1.29 is 0 Å². The lowest BCUT2D eigenvalue weighted by Gasteiger charge is -2.26. The van der Waals surface area contributed by atoms with Crippen LogP contribution >= 0.6 is 0 Å². The number of H-pyrrole nitrogens is 1. The van der Waals surface area contributed by atoms with Crippen molar-refractivity contribution in [3.63, 3.8) is 0 Å². The third kappa shape index (κ3) is 2.16. The normalized spacial score (nSPS) is 15.4. The van der Waals surface area contributed by atoms with Crippen LogP contribution in [0.4, 0.5) is 0 Å². The zero-order valence-corrected chi connectivity index (χ0v) is 12.8. The summed E-state index contributed by atoms with van der Waals surface area (Å²) < 4.78 is 3.92. The Hall–Kier alpha value is -2.34. The molecule has 22 heavy (non-hydrogen) atoms. The van der Waals surface area contributed by atoms with Crippen LogP contribution in [0.15, 0.2) is 29.3 Å². The van der Waals surface area contributed by atoms with Crippen molar-refractivity contribution in [2.24, 2.45) is 7.05 Å². The van der Waals surface area contributed by atoms with Gasteiger partial charge in [-0.2, -0.15) is 0 Å². The summed E-state index contributed by atoms with van der Waals surface area (Å²) in [5.74, 6) is 0. The molecule has 0 saturated heterocycles. The average Bonchev–Trinajstić information content (AvgIpc) is 2.99. The summed E-state index contributed by atoms with van der Waals surface area (Å²) >= 11 is 0. The lowest BCUT2D eigenvalue weighted by Crippen LogP contribution is -2.32. The molecule has 0 atom stereocenters. The summed E-state index contributed by atoms with van der Waals surface area (Å²) in [6.07, 6.45) is 4.99. The fourth-order valence-electron chi connectivity index (χ4n) is 3.24. The molecular formula is C16H19N5O. The number of aromatic amines is 1. The Bertz CT molecular complexity index is 901. The maximum atomic E-state index is 11.8. The van der Waals surface area contributed by atoms with Gasteiger partial charge in [-0.05, 0) is 25.0 Å². The van der Waals surface area contributed by atoms with E-state index in [1.807, 2.05) is 17.8 Å². The molecule has 6 heteroatoms. The molecule has 6 nitrogen and oxygen atoms in total. The first-order valence-electron chi connectivity index (χ1n) is 7.53. The third-order valence-corrected chi connectivity index (χ3v) is 4.38. The lowest BCUT2D eigenvalue weighted by molar-refractivity contribution is 0.236. The van der Waals surface area contributed by atoms with Gasteiger partial charge in [-0.15, -0.1) is 0 Å². The Morgan fingerprint density at radius 1 is 1.32 bits per heavy atom. The molecule has 0 fully saturated rings. The highest BCUT2D eigenvalue weighted by molar-refractivity contribution is 5.41. The molecule has 1 N–H and O–H groups in total. The van der Waals surface area contributed by atoms with Gasteiger partial charge in [0.2, 0.25) is 0 Å². The van der Waals surface area contributed by atoms with Gasteiger partial charge >= 0.3 is 0 Å². The number of nitrogens with one attached hydrogen (secondary N) is 1. The van der Waals surface area contributed by atoms with E-state index in [2.05, 4.69) is 44.8 Å². The summed E-state index contributed by atoms with van der Waals surface area (Å²) in [6.45, 7) is 4.57. The zero-order chi connectivity index (χ0) is 15.3. The summed E-state index contributed by atoms with van der Waals surface area (Å²) in [5.41, 5.74) is 5.35. The van der Waals surface area contributed by atoms with Crippen molar-refractivity contribution in [3.05, 3.63) is 57.4 Å². The third-order valence-electron chi connectivity index (χ3n) is 4.38. The van der Waals surface area contributed by atoms with Gasteiger partial charge in [0.1, 0.15) is 5.65 Å². The maximum Gasteiger partial charge on any atom is 0.267 e. The number of nitrogens with zero attached hydrogens (tertiary/aromatic N) is 4. The Morgan fingerprint density at radius 3 is 3.05 bits per heavy atom. The quantitative estimate of drug-likeness (QED) is 0.774. The number of rotatable bonds is 2.